The molecule has 0 fully saturated rings. The van der Waals surface area contributed by atoms with Crippen LogP contribution in [0.15, 0.2) is 22.7 Å². The number of benzene rings is 1. The number of rotatable bonds is 10. The van der Waals surface area contributed by atoms with Gasteiger partial charge in [-0.05, 0) is 43.5 Å². The largest absolute Gasteiger partial charge is 0.454 e. The van der Waals surface area contributed by atoms with Crippen LogP contribution >= 0.6 is 0 Å². The number of ether oxygens (including phenoxy) is 2. The van der Waals surface area contributed by atoms with Crippen molar-refractivity contribution in [2.45, 2.75) is 52.0 Å². The van der Waals surface area contributed by atoms with Crippen LogP contribution in [0.3, 0.4) is 0 Å². The fraction of sp³-hybridized carbons (Fsp3) is 0.550. The van der Waals surface area contributed by atoms with E-state index in [0.717, 1.165) is 31.2 Å². The van der Waals surface area contributed by atoms with Gasteiger partial charge < -0.3 is 25.0 Å². The minimum absolute atomic E-state index is 0.00912. The molecule has 0 bridgehead atoms. The van der Waals surface area contributed by atoms with Gasteiger partial charge in [0.05, 0.1) is 0 Å². The molecule has 0 saturated heterocycles. The van der Waals surface area contributed by atoms with Gasteiger partial charge in [0.2, 0.25) is 24.4 Å². The molecule has 8 heteroatoms. The quantitative estimate of drug-likeness (QED) is 0.601. The first kappa shape index (κ1) is 20.1. The number of carbonyl (C=O) groups is 1. The van der Waals surface area contributed by atoms with Crippen molar-refractivity contribution >= 4 is 5.91 Å². The number of hydrogen-bond donors (Lipinski definition) is 2. The molecule has 2 heterocycles. The summed E-state index contributed by atoms with van der Waals surface area (Å²) >= 11 is 0. The molecule has 0 spiro atoms. The smallest absolute Gasteiger partial charge is 0.249 e. The van der Waals surface area contributed by atoms with E-state index in [0.29, 0.717) is 36.2 Å². The van der Waals surface area contributed by atoms with E-state index >= 15 is 0 Å². The van der Waals surface area contributed by atoms with Crippen molar-refractivity contribution < 1.29 is 18.8 Å². The fourth-order valence-corrected chi connectivity index (χ4v) is 3.05. The number of nitrogens with two attached hydrogens (primary N) is 1. The van der Waals surface area contributed by atoms with Crippen LogP contribution < -0.4 is 20.5 Å². The Hall–Kier alpha value is -2.61. The van der Waals surface area contributed by atoms with Crippen molar-refractivity contribution in [3.05, 3.63) is 24.1 Å². The number of amides is 1. The lowest BCUT2D eigenvalue weighted by molar-refractivity contribution is -0.122. The normalized spacial score (nSPS) is 14.7. The maximum atomic E-state index is 12.4. The average molecular weight is 388 g/mol. The van der Waals surface area contributed by atoms with Gasteiger partial charge in [0.25, 0.3) is 0 Å². The van der Waals surface area contributed by atoms with Gasteiger partial charge in [-0.1, -0.05) is 31.8 Å². The van der Waals surface area contributed by atoms with E-state index in [2.05, 4.69) is 29.3 Å². The van der Waals surface area contributed by atoms with E-state index < -0.39 is 0 Å². The summed E-state index contributed by atoms with van der Waals surface area (Å²) in [5.41, 5.74) is 6.27. The number of aromatic nitrogens is 2. The van der Waals surface area contributed by atoms with Gasteiger partial charge in [0.1, 0.15) is 6.04 Å². The Labute approximate surface area is 164 Å². The highest BCUT2D eigenvalue weighted by Gasteiger charge is 2.26. The summed E-state index contributed by atoms with van der Waals surface area (Å²) in [7, 11) is 0. The van der Waals surface area contributed by atoms with Gasteiger partial charge in [0.15, 0.2) is 11.5 Å². The SMILES string of the molecule is CCC(C)C(NC(=O)CCCCCN)c1nc(-c2ccc3c(c2)OCO3)no1. The van der Waals surface area contributed by atoms with Crippen molar-refractivity contribution in [2.75, 3.05) is 13.3 Å². The Morgan fingerprint density at radius 2 is 2.07 bits per heavy atom. The summed E-state index contributed by atoms with van der Waals surface area (Å²) in [6, 6.07) is 5.19. The van der Waals surface area contributed by atoms with Crippen molar-refractivity contribution in [1.29, 1.82) is 0 Å². The van der Waals surface area contributed by atoms with E-state index in [1.165, 1.54) is 0 Å². The van der Waals surface area contributed by atoms with Crippen LogP contribution in [-0.4, -0.2) is 29.4 Å². The summed E-state index contributed by atoms with van der Waals surface area (Å²) < 4.78 is 16.2. The molecule has 8 nitrogen and oxygen atoms in total. The first-order chi connectivity index (χ1) is 13.6. The molecule has 3 N–H and O–H groups in total. The van der Waals surface area contributed by atoms with Crippen LogP contribution in [0.2, 0.25) is 0 Å². The van der Waals surface area contributed by atoms with Crippen molar-refractivity contribution in [3.63, 3.8) is 0 Å². The Kier molecular flexibility index (Phi) is 6.86. The molecular weight excluding hydrogens is 360 g/mol. The van der Waals surface area contributed by atoms with E-state index in [9.17, 15) is 4.79 Å². The molecule has 0 radical (unpaired) electrons. The lowest BCUT2D eigenvalue weighted by atomic mass is 9.98. The monoisotopic (exact) mass is 388 g/mol. The van der Waals surface area contributed by atoms with Crippen LogP contribution in [0, 0.1) is 5.92 Å². The Balaban J connectivity index is 1.70. The molecule has 0 saturated carbocycles. The van der Waals surface area contributed by atoms with Crippen LogP contribution in [0.1, 0.15) is 57.9 Å². The van der Waals surface area contributed by atoms with E-state index in [4.69, 9.17) is 19.7 Å². The summed E-state index contributed by atoms with van der Waals surface area (Å²) in [5.74, 6) is 2.39. The molecule has 2 unspecified atom stereocenters. The van der Waals surface area contributed by atoms with Crippen molar-refractivity contribution in [3.8, 4) is 22.9 Å². The van der Waals surface area contributed by atoms with Crippen LogP contribution in [0.25, 0.3) is 11.4 Å². The third-order valence-corrected chi connectivity index (χ3v) is 4.98. The molecule has 1 aliphatic rings. The second-order valence-corrected chi connectivity index (χ2v) is 7.05. The van der Waals surface area contributed by atoms with Gasteiger partial charge in [-0.2, -0.15) is 4.98 Å². The van der Waals surface area contributed by atoms with Gasteiger partial charge >= 0.3 is 0 Å². The van der Waals surface area contributed by atoms with Crippen molar-refractivity contribution in [1.82, 2.24) is 15.5 Å². The molecule has 1 aliphatic heterocycles. The number of carbonyl (C=O) groups excluding carboxylic acids is 1. The molecule has 1 aromatic carbocycles. The predicted molar refractivity (Wildman–Crippen MR) is 104 cm³/mol. The third kappa shape index (κ3) is 4.81. The summed E-state index contributed by atoms with van der Waals surface area (Å²) in [4.78, 5) is 16.9. The van der Waals surface area contributed by atoms with E-state index in [-0.39, 0.29) is 24.7 Å². The topological polar surface area (TPSA) is 113 Å². The summed E-state index contributed by atoms with van der Waals surface area (Å²) in [6.45, 7) is 5.00. The first-order valence-corrected chi connectivity index (χ1v) is 9.85. The lowest BCUT2D eigenvalue weighted by Crippen LogP contribution is -2.32. The molecule has 152 valence electrons. The third-order valence-electron chi connectivity index (χ3n) is 4.98. The Morgan fingerprint density at radius 3 is 2.86 bits per heavy atom. The molecule has 2 atom stereocenters. The lowest BCUT2D eigenvalue weighted by Gasteiger charge is -2.20. The average Bonchev–Trinajstić information content (AvgIpc) is 3.37. The van der Waals surface area contributed by atoms with Gasteiger partial charge in [-0.25, -0.2) is 0 Å². The van der Waals surface area contributed by atoms with Gasteiger partial charge in [-0.15, -0.1) is 0 Å². The number of nitrogens with zero attached hydrogens (tertiary/aromatic N) is 2. The maximum Gasteiger partial charge on any atom is 0.249 e. The molecule has 3 rings (SSSR count). The Morgan fingerprint density at radius 1 is 1.25 bits per heavy atom. The minimum atomic E-state index is -0.317. The number of hydrogen-bond acceptors (Lipinski definition) is 7. The Bertz CT molecular complexity index is 792. The number of nitrogens with one attached hydrogen (secondary N) is 1. The second kappa shape index (κ2) is 9.54. The standard InChI is InChI=1S/C20H28N4O4/c1-3-13(2)18(22-17(25)7-5-4-6-10-21)20-23-19(24-28-20)14-8-9-15-16(11-14)27-12-26-15/h8-9,11,13,18H,3-7,10,12,21H2,1-2H3,(H,22,25). The molecule has 1 aromatic heterocycles. The van der Waals surface area contributed by atoms with E-state index in [1.807, 2.05) is 18.2 Å². The summed E-state index contributed by atoms with van der Waals surface area (Å²) in [5, 5.41) is 7.15. The van der Waals surface area contributed by atoms with Gasteiger partial charge in [0, 0.05) is 12.0 Å². The zero-order chi connectivity index (χ0) is 19.9. The molecule has 2 aromatic rings. The molecular formula is C20H28N4O4. The summed E-state index contributed by atoms with van der Waals surface area (Å²) in [6.07, 6.45) is 4.05. The number of unbranched alkanes of at least 4 members (excludes halogenated alkanes) is 2. The van der Waals surface area contributed by atoms with Crippen LogP contribution in [-0.2, 0) is 4.79 Å². The highest BCUT2D eigenvalue weighted by molar-refractivity contribution is 5.76. The predicted octanol–water partition coefficient (Wildman–Crippen LogP) is 3.19. The molecule has 0 aliphatic carbocycles. The maximum absolute atomic E-state index is 12.4. The zero-order valence-corrected chi connectivity index (χ0v) is 16.4. The number of fused-ring (bicyclic) bond motifs is 1. The van der Waals surface area contributed by atoms with E-state index in [1.54, 1.807) is 0 Å². The van der Waals surface area contributed by atoms with Crippen molar-refractivity contribution in [2.24, 2.45) is 11.7 Å². The highest BCUT2D eigenvalue weighted by atomic mass is 16.7. The molecule has 28 heavy (non-hydrogen) atoms. The van der Waals surface area contributed by atoms with Crippen LogP contribution in [0.5, 0.6) is 11.5 Å². The highest BCUT2D eigenvalue weighted by Crippen LogP contribution is 2.35. The first-order valence-electron chi connectivity index (χ1n) is 9.85. The second-order valence-electron chi connectivity index (χ2n) is 7.05. The zero-order valence-electron chi connectivity index (χ0n) is 16.4. The minimum Gasteiger partial charge on any atom is -0.454 e. The fourth-order valence-electron chi connectivity index (χ4n) is 3.05. The van der Waals surface area contributed by atoms with Crippen LogP contribution in [0.4, 0.5) is 0 Å². The van der Waals surface area contributed by atoms with Gasteiger partial charge in [-0.3, -0.25) is 4.79 Å². The molecule has 1 amide bonds.